The van der Waals surface area contributed by atoms with Crippen molar-refractivity contribution in [2.24, 2.45) is 0 Å². The predicted molar refractivity (Wildman–Crippen MR) is 75.5 cm³/mol. The molecule has 1 amide bonds. The van der Waals surface area contributed by atoms with Gasteiger partial charge in [0.25, 0.3) is 0 Å². The first-order valence-corrected chi connectivity index (χ1v) is 7.46. The minimum atomic E-state index is -0.971. The number of carboxylic acids is 1. The number of rotatable bonds is 8. The zero-order valence-corrected chi connectivity index (χ0v) is 11.4. The third-order valence-corrected chi connectivity index (χ3v) is 4.56. The molecule has 1 aliphatic rings. The highest BCUT2D eigenvalue weighted by molar-refractivity contribution is 7.99. The lowest BCUT2D eigenvalue weighted by molar-refractivity contribution is -0.140. The first kappa shape index (κ1) is 13.9. The maximum atomic E-state index is 10.8. The van der Waals surface area contributed by atoms with Crippen molar-refractivity contribution in [3.63, 3.8) is 0 Å². The van der Waals surface area contributed by atoms with Crippen molar-refractivity contribution in [2.45, 2.75) is 24.8 Å². The Morgan fingerprint density at radius 2 is 2.32 bits per heavy atom. The highest BCUT2D eigenvalue weighted by atomic mass is 32.2. The van der Waals surface area contributed by atoms with E-state index in [4.69, 9.17) is 5.11 Å². The Morgan fingerprint density at radius 3 is 3.00 bits per heavy atom. The van der Waals surface area contributed by atoms with Crippen molar-refractivity contribution in [1.82, 2.24) is 5.32 Å². The number of amides is 1. The minimum Gasteiger partial charge on any atom is -0.480 e. The zero-order chi connectivity index (χ0) is 13.7. The van der Waals surface area contributed by atoms with Gasteiger partial charge in [0.2, 0.25) is 6.41 Å². The van der Waals surface area contributed by atoms with Crippen LogP contribution in [0.15, 0.2) is 24.3 Å². The maximum absolute atomic E-state index is 10.8. The summed E-state index contributed by atoms with van der Waals surface area (Å²) in [4.78, 5) is 21.1. The fourth-order valence-electron chi connectivity index (χ4n) is 2.30. The second-order valence-electron chi connectivity index (χ2n) is 4.64. The summed E-state index contributed by atoms with van der Waals surface area (Å²) in [5, 5.41) is 11.2. The van der Waals surface area contributed by atoms with Gasteiger partial charge in [-0.15, -0.1) is 0 Å². The van der Waals surface area contributed by atoms with Gasteiger partial charge in [-0.2, -0.15) is 11.8 Å². The molecule has 0 heterocycles. The molecule has 0 radical (unpaired) electrons. The largest absolute Gasteiger partial charge is 0.480 e. The molecule has 1 aromatic rings. The molecule has 2 N–H and O–H groups in total. The van der Waals surface area contributed by atoms with Crippen LogP contribution in [-0.2, 0) is 16.0 Å². The van der Waals surface area contributed by atoms with Crippen LogP contribution in [0, 0.1) is 0 Å². The summed E-state index contributed by atoms with van der Waals surface area (Å²) in [6.07, 6.45) is 2.04. The zero-order valence-electron chi connectivity index (χ0n) is 10.5. The van der Waals surface area contributed by atoms with Gasteiger partial charge >= 0.3 is 5.97 Å². The standard InChI is InChI=1S/C14H17NO3S/c16-9-15-13(14(17)18)5-6-19-8-11-7-10-3-1-2-4-12(10)11/h1-4,9,11,13H,5-8H2,(H,15,16)(H,17,18). The van der Waals surface area contributed by atoms with Gasteiger partial charge in [-0.05, 0) is 35.6 Å². The molecule has 2 unspecified atom stereocenters. The molecule has 0 saturated heterocycles. The monoisotopic (exact) mass is 279 g/mol. The van der Waals surface area contributed by atoms with Crippen LogP contribution in [-0.4, -0.2) is 35.0 Å². The van der Waals surface area contributed by atoms with Crippen LogP contribution in [0.3, 0.4) is 0 Å². The van der Waals surface area contributed by atoms with Crippen LogP contribution in [0.2, 0.25) is 0 Å². The molecule has 102 valence electrons. The lowest BCUT2D eigenvalue weighted by Gasteiger charge is -2.29. The number of benzene rings is 1. The number of hydrogen-bond donors (Lipinski definition) is 2. The topological polar surface area (TPSA) is 66.4 Å². The third-order valence-electron chi connectivity index (χ3n) is 3.40. The summed E-state index contributed by atoms with van der Waals surface area (Å²) in [7, 11) is 0. The van der Waals surface area contributed by atoms with Crippen molar-refractivity contribution in [1.29, 1.82) is 0 Å². The molecule has 4 nitrogen and oxygen atoms in total. The van der Waals surface area contributed by atoms with E-state index >= 15 is 0 Å². The summed E-state index contributed by atoms with van der Waals surface area (Å²) in [6.45, 7) is 0. The van der Waals surface area contributed by atoms with E-state index in [-0.39, 0.29) is 0 Å². The molecule has 2 rings (SSSR count). The number of hydrogen-bond acceptors (Lipinski definition) is 3. The Hall–Kier alpha value is -1.49. The number of thioether (sulfide) groups is 1. The number of carbonyl (C=O) groups is 2. The van der Waals surface area contributed by atoms with Crippen LogP contribution >= 0.6 is 11.8 Å². The third kappa shape index (κ3) is 3.50. The van der Waals surface area contributed by atoms with Crippen LogP contribution in [0.1, 0.15) is 23.5 Å². The van der Waals surface area contributed by atoms with Gasteiger partial charge in [0, 0.05) is 5.75 Å². The summed E-state index contributed by atoms with van der Waals surface area (Å²) >= 11 is 1.75. The van der Waals surface area contributed by atoms with Gasteiger partial charge in [0.15, 0.2) is 0 Å². The fraction of sp³-hybridized carbons (Fsp3) is 0.429. The lowest BCUT2D eigenvalue weighted by atomic mass is 9.79. The molecule has 0 spiro atoms. The van der Waals surface area contributed by atoms with Gasteiger partial charge < -0.3 is 10.4 Å². The Balaban J connectivity index is 1.68. The maximum Gasteiger partial charge on any atom is 0.326 e. The molecule has 2 atom stereocenters. The average Bonchev–Trinajstić information content (AvgIpc) is 2.37. The van der Waals surface area contributed by atoms with Gasteiger partial charge in [0.1, 0.15) is 6.04 Å². The Bertz CT molecular complexity index is 464. The molecule has 0 aliphatic heterocycles. The normalized spacial score (nSPS) is 18.0. The van der Waals surface area contributed by atoms with Crippen molar-refractivity contribution in [2.75, 3.05) is 11.5 Å². The van der Waals surface area contributed by atoms with Crippen LogP contribution in [0.4, 0.5) is 0 Å². The molecular formula is C14H17NO3S. The molecule has 0 fully saturated rings. The number of carbonyl (C=O) groups excluding carboxylic acids is 1. The average molecular weight is 279 g/mol. The first-order chi connectivity index (χ1) is 9.22. The Labute approximate surface area is 116 Å². The summed E-state index contributed by atoms with van der Waals surface area (Å²) in [5.41, 5.74) is 2.86. The lowest BCUT2D eigenvalue weighted by Crippen LogP contribution is -2.36. The quantitative estimate of drug-likeness (QED) is 0.561. The van der Waals surface area contributed by atoms with Crippen LogP contribution in [0.25, 0.3) is 0 Å². The van der Waals surface area contributed by atoms with Crippen molar-refractivity contribution in [3.05, 3.63) is 35.4 Å². The van der Waals surface area contributed by atoms with Crippen LogP contribution < -0.4 is 5.32 Å². The van der Waals surface area contributed by atoms with E-state index in [2.05, 4.69) is 29.6 Å². The fourth-order valence-corrected chi connectivity index (χ4v) is 3.45. The molecule has 5 heteroatoms. The first-order valence-electron chi connectivity index (χ1n) is 6.30. The van der Waals surface area contributed by atoms with E-state index in [1.54, 1.807) is 11.8 Å². The smallest absolute Gasteiger partial charge is 0.326 e. The Kier molecular flexibility index (Phi) is 4.85. The number of aliphatic carboxylic acids is 1. The molecule has 0 bridgehead atoms. The second-order valence-corrected chi connectivity index (χ2v) is 5.79. The molecular weight excluding hydrogens is 262 g/mol. The van der Waals surface area contributed by atoms with E-state index < -0.39 is 12.0 Å². The SMILES string of the molecule is O=CNC(CCSCC1Cc2ccccc21)C(=O)O. The summed E-state index contributed by atoms with van der Waals surface area (Å²) in [5.74, 6) is 1.39. The van der Waals surface area contributed by atoms with Gasteiger partial charge in [0.05, 0.1) is 0 Å². The number of carboxylic acid groups (broad SMARTS) is 1. The van der Waals surface area contributed by atoms with E-state index in [1.165, 1.54) is 11.1 Å². The van der Waals surface area contributed by atoms with E-state index in [9.17, 15) is 9.59 Å². The summed E-state index contributed by atoms with van der Waals surface area (Å²) in [6, 6.07) is 7.68. The highest BCUT2D eigenvalue weighted by Gasteiger charge is 2.25. The van der Waals surface area contributed by atoms with Gasteiger partial charge in [-0.1, -0.05) is 24.3 Å². The molecule has 0 aromatic heterocycles. The van der Waals surface area contributed by atoms with Crippen molar-refractivity contribution < 1.29 is 14.7 Å². The molecule has 1 aliphatic carbocycles. The number of nitrogens with one attached hydrogen (secondary N) is 1. The number of fused-ring (bicyclic) bond motifs is 1. The van der Waals surface area contributed by atoms with Crippen LogP contribution in [0.5, 0.6) is 0 Å². The Morgan fingerprint density at radius 1 is 1.53 bits per heavy atom. The van der Waals surface area contributed by atoms with Crippen molar-refractivity contribution in [3.8, 4) is 0 Å². The van der Waals surface area contributed by atoms with Gasteiger partial charge in [-0.25, -0.2) is 4.79 Å². The van der Waals surface area contributed by atoms with Crippen molar-refractivity contribution >= 4 is 24.1 Å². The highest BCUT2D eigenvalue weighted by Crippen LogP contribution is 2.37. The molecule has 0 saturated carbocycles. The van der Waals surface area contributed by atoms with E-state index in [0.717, 1.165) is 17.9 Å². The van der Waals surface area contributed by atoms with E-state index in [1.807, 2.05) is 0 Å². The minimum absolute atomic E-state index is 0.450. The molecule has 1 aromatic carbocycles. The predicted octanol–water partition coefficient (Wildman–Crippen LogP) is 1.65. The summed E-state index contributed by atoms with van der Waals surface area (Å²) < 4.78 is 0. The van der Waals surface area contributed by atoms with Gasteiger partial charge in [-0.3, -0.25) is 4.79 Å². The second kappa shape index (κ2) is 6.61. The molecule has 19 heavy (non-hydrogen) atoms. The van der Waals surface area contributed by atoms with E-state index in [0.29, 0.717) is 18.7 Å².